The van der Waals surface area contributed by atoms with Gasteiger partial charge in [-0.05, 0) is 45.6 Å². The molecule has 0 bridgehead atoms. The number of carbonyl (C=O) groups excluding carboxylic acids is 1. The van der Waals surface area contributed by atoms with Crippen molar-refractivity contribution in [1.82, 2.24) is 15.1 Å². The Morgan fingerprint density at radius 2 is 1.96 bits per heavy atom. The Bertz CT molecular complexity index is 695. The first kappa shape index (κ1) is 17.6. The summed E-state index contributed by atoms with van der Waals surface area (Å²) in [6.45, 7) is 6.02. The van der Waals surface area contributed by atoms with E-state index in [1.54, 1.807) is 0 Å². The largest absolute Gasteiger partial charge is 0.347 e. The summed E-state index contributed by atoms with van der Waals surface area (Å²) in [7, 11) is 2.17. The van der Waals surface area contributed by atoms with Crippen LogP contribution in [0.3, 0.4) is 0 Å². The van der Waals surface area contributed by atoms with Gasteiger partial charge < -0.3 is 10.2 Å². The van der Waals surface area contributed by atoms with E-state index in [0.717, 1.165) is 47.6 Å². The van der Waals surface area contributed by atoms with E-state index in [-0.39, 0.29) is 5.91 Å². The van der Waals surface area contributed by atoms with E-state index in [2.05, 4.69) is 62.4 Å². The van der Waals surface area contributed by atoms with Gasteiger partial charge >= 0.3 is 0 Å². The van der Waals surface area contributed by atoms with Gasteiger partial charge in [0.2, 0.25) is 0 Å². The van der Waals surface area contributed by atoms with Gasteiger partial charge in [-0.25, -0.2) is 0 Å². The quantitative estimate of drug-likeness (QED) is 0.826. The second-order valence-corrected chi connectivity index (χ2v) is 7.95. The number of carbonyl (C=O) groups is 1. The van der Waals surface area contributed by atoms with Gasteiger partial charge in [-0.1, -0.05) is 24.3 Å². The molecule has 1 fully saturated rings. The first-order valence-electron chi connectivity index (χ1n) is 8.12. The van der Waals surface area contributed by atoms with Gasteiger partial charge in [-0.15, -0.1) is 11.3 Å². The molecule has 0 atom stereocenters. The second kappa shape index (κ2) is 8.25. The molecule has 2 heterocycles. The van der Waals surface area contributed by atoms with Gasteiger partial charge in [0.05, 0.1) is 0 Å². The molecule has 0 radical (unpaired) electrons. The van der Waals surface area contributed by atoms with Crippen LogP contribution < -0.4 is 5.32 Å². The summed E-state index contributed by atoms with van der Waals surface area (Å²) in [5, 5.41) is 4.91. The predicted molar refractivity (Wildman–Crippen MR) is 102 cm³/mol. The van der Waals surface area contributed by atoms with E-state index in [4.69, 9.17) is 0 Å². The van der Waals surface area contributed by atoms with Gasteiger partial charge in [0.15, 0.2) is 0 Å². The van der Waals surface area contributed by atoms with Crippen LogP contribution in [0.5, 0.6) is 0 Å². The molecule has 128 valence electrons. The zero-order chi connectivity index (χ0) is 16.9. The van der Waals surface area contributed by atoms with Crippen LogP contribution in [0, 0.1) is 0 Å². The van der Waals surface area contributed by atoms with Crippen molar-refractivity contribution in [3.63, 3.8) is 0 Å². The Hall–Kier alpha value is -1.21. The molecule has 1 amide bonds. The number of thiophene rings is 1. The maximum absolute atomic E-state index is 12.2. The Morgan fingerprint density at radius 1 is 1.21 bits per heavy atom. The van der Waals surface area contributed by atoms with E-state index < -0.39 is 0 Å². The third kappa shape index (κ3) is 4.66. The lowest BCUT2D eigenvalue weighted by Crippen LogP contribution is -2.43. The molecule has 4 nitrogen and oxygen atoms in total. The average Bonchev–Trinajstić information content (AvgIpc) is 3.01. The fourth-order valence-electron chi connectivity index (χ4n) is 2.82. The Kier molecular flexibility index (Phi) is 6.05. The van der Waals surface area contributed by atoms with Crippen LogP contribution in [-0.2, 0) is 13.1 Å². The van der Waals surface area contributed by atoms with E-state index >= 15 is 0 Å². The van der Waals surface area contributed by atoms with Crippen molar-refractivity contribution in [2.45, 2.75) is 13.1 Å². The van der Waals surface area contributed by atoms with E-state index in [0.29, 0.717) is 6.54 Å². The normalized spacial score (nSPS) is 16.2. The Morgan fingerprint density at radius 3 is 2.67 bits per heavy atom. The number of nitrogens with zero attached hydrogens (tertiary/aromatic N) is 2. The molecule has 0 unspecified atom stereocenters. The third-order valence-electron chi connectivity index (χ3n) is 4.27. The summed E-state index contributed by atoms with van der Waals surface area (Å²) in [5.74, 6) is -0.0265. The molecule has 1 aliphatic rings. The van der Waals surface area contributed by atoms with Crippen LogP contribution in [0.2, 0.25) is 0 Å². The minimum Gasteiger partial charge on any atom is -0.347 e. The molecule has 1 saturated heterocycles. The number of hydrogen-bond acceptors (Lipinski definition) is 4. The zero-order valence-electron chi connectivity index (χ0n) is 13.8. The lowest BCUT2D eigenvalue weighted by Gasteiger charge is -2.32. The molecule has 2 aromatic rings. The topological polar surface area (TPSA) is 35.6 Å². The first-order chi connectivity index (χ1) is 11.6. The van der Waals surface area contributed by atoms with E-state index in [1.807, 2.05) is 11.4 Å². The van der Waals surface area contributed by atoms with E-state index in [9.17, 15) is 4.79 Å². The molecule has 0 saturated carbocycles. The molecular formula is C18H22BrN3OS. The predicted octanol–water partition coefficient (Wildman–Crippen LogP) is 3.19. The minimum absolute atomic E-state index is 0.0265. The number of benzene rings is 1. The molecule has 1 N–H and O–H groups in total. The summed E-state index contributed by atoms with van der Waals surface area (Å²) in [6, 6.07) is 10.4. The smallest absolute Gasteiger partial charge is 0.262 e. The zero-order valence-corrected chi connectivity index (χ0v) is 16.2. The molecule has 1 aromatic heterocycles. The molecule has 3 rings (SSSR count). The SMILES string of the molecule is CN1CCN(Cc2cccc(CNC(=O)c3sccc3Br)c2)CC1. The Labute approximate surface area is 155 Å². The minimum atomic E-state index is -0.0265. The van der Waals surface area contributed by atoms with Gasteiger partial charge in [0, 0.05) is 43.7 Å². The van der Waals surface area contributed by atoms with Crippen LogP contribution in [0.1, 0.15) is 20.8 Å². The molecule has 6 heteroatoms. The first-order valence-corrected chi connectivity index (χ1v) is 9.79. The molecular weight excluding hydrogens is 386 g/mol. The van der Waals surface area contributed by atoms with Crippen LogP contribution in [0.25, 0.3) is 0 Å². The summed E-state index contributed by atoms with van der Waals surface area (Å²) in [5.41, 5.74) is 2.45. The fourth-order valence-corrected chi connectivity index (χ4v) is 4.29. The van der Waals surface area contributed by atoms with Crippen molar-refractivity contribution in [2.24, 2.45) is 0 Å². The number of nitrogens with one attached hydrogen (secondary N) is 1. The number of piperazine rings is 1. The lowest BCUT2D eigenvalue weighted by atomic mass is 10.1. The number of halogens is 1. The van der Waals surface area contributed by atoms with Gasteiger partial charge in [0.25, 0.3) is 5.91 Å². The summed E-state index contributed by atoms with van der Waals surface area (Å²) in [6.07, 6.45) is 0. The van der Waals surface area contributed by atoms with Crippen LogP contribution in [0.4, 0.5) is 0 Å². The summed E-state index contributed by atoms with van der Waals surface area (Å²) < 4.78 is 0.855. The number of likely N-dealkylation sites (N-methyl/N-ethyl adjacent to an activating group) is 1. The maximum Gasteiger partial charge on any atom is 0.262 e. The second-order valence-electron chi connectivity index (χ2n) is 6.18. The lowest BCUT2D eigenvalue weighted by molar-refractivity contribution is 0.0954. The maximum atomic E-state index is 12.2. The number of amides is 1. The van der Waals surface area contributed by atoms with E-state index in [1.165, 1.54) is 16.9 Å². The third-order valence-corrected chi connectivity index (χ3v) is 6.11. The molecule has 0 spiro atoms. The molecule has 1 aliphatic heterocycles. The van der Waals surface area contributed by atoms with Crippen molar-refractivity contribution in [3.05, 3.63) is 56.2 Å². The highest BCUT2D eigenvalue weighted by molar-refractivity contribution is 9.10. The molecule has 24 heavy (non-hydrogen) atoms. The van der Waals surface area contributed by atoms with Crippen molar-refractivity contribution in [2.75, 3.05) is 33.2 Å². The van der Waals surface area contributed by atoms with Crippen molar-refractivity contribution >= 4 is 33.2 Å². The fraction of sp³-hybridized carbons (Fsp3) is 0.389. The highest BCUT2D eigenvalue weighted by Crippen LogP contribution is 2.22. The summed E-state index contributed by atoms with van der Waals surface area (Å²) in [4.78, 5) is 17.8. The van der Waals surface area contributed by atoms with Gasteiger partial charge in [-0.2, -0.15) is 0 Å². The van der Waals surface area contributed by atoms with Gasteiger partial charge in [-0.3, -0.25) is 9.69 Å². The standard InChI is InChI=1S/C18H22BrN3OS/c1-21-6-8-22(9-7-21)13-15-4-2-3-14(11-15)12-20-18(23)17-16(19)5-10-24-17/h2-5,10-11H,6-9,12-13H2,1H3,(H,20,23). The van der Waals surface area contributed by atoms with Gasteiger partial charge in [0.1, 0.15) is 4.88 Å². The molecule has 1 aromatic carbocycles. The van der Waals surface area contributed by atoms with Crippen LogP contribution >= 0.6 is 27.3 Å². The van der Waals surface area contributed by atoms with Crippen molar-refractivity contribution in [3.8, 4) is 0 Å². The Balaban J connectivity index is 1.55. The monoisotopic (exact) mass is 407 g/mol. The van der Waals surface area contributed by atoms with Crippen molar-refractivity contribution in [1.29, 1.82) is 0 Å². The number of hydrogen-bond donors (Lipinski definition) is 1. The summed E-state index contributed by atoms with van der Waals surface area (Å²) >= 11 is 4.85. The average molecular weight is 408 g/mol. The van der Waals surface area contributed by atoms with Crippen LogP contribution in [0.15, 0.2) is 40.2 Å². The van der Waals surface area contributed by atoms with Crippen LogP contribution in [-0.4, -0.2) is 48.9 Å². The molecule has 0 aliphatic carbocycles. The number of rotatable bonds is 5. The highest BCUT2D eigenvalue weighted by Gasteiger charge is 2.14. The van der Waals surface area contributed by atoms with Crippen molar-refractivity contribution < 1.29 is 4.79 Å². The highest BCUT2D eigenvalue weighted by atomic mass is 79.9.